The number of ether oxygens (including phenoxy) is 1. The van der Waals surface area contributed by atoms with Crippen LogP contribution >= 0.6 is 0 Å². The standard InChI is InChI=1S/C20H20F2N4O/c21-20(22)27-16-6-7-19(23-12-16)25-11-9-18-17(13-25)24-14-26(18)10-8-15-4-2-1-3-5-15/h1-7,12,14,20H,8-11,13H2. The Kier molecular flexibility index (Phi) is 5.00. The minimum atomic E-state index is -2.84. The Morgan fingerprint density at radius 1 is 1.07 bits per heavy atom. The molecule has 1 aliphatic heterocycles. The van der Waals surface area contributed by atoms with Gasteiger partial charge in [-0.1, -0.05) is 30.3 Å². The van der Waals surface area contributed by atoms with Crippen molar-refractivity contribution in [3.8, 4) is 5.75 Å². The highest BCUT2D eigenvalue weighted by Gasteiger charge is 2.22. The largest absolute Gasteiger partial charge is 0.433 e. The molecule has 0 amide bonds. The molecule has 0 saturated carbocycles. The van der Waals surface area contributed by atoms with E-state index in [1.807, 2.05) is 12.4 Å². The first-order chi connectivity index (χ1) is 13.2. The lowest BCUT2D eigenvalue weighted by Gasteiger charge is -2.28. The molecule has 7 heteroatoms. The Morgan fingerprint density at radius 2 is 1.93 bits per heavy atom. The summed E-state index contributed by atoms with van der Waals surface area (Å²) >= 11 is 0. The van der Waals surface area contributed by atoms with E-state index in [4.69, 9.17) is 0 Å². The lowest BCUT2D eigenvalue weighted by atomic mass is 10.1. The van der Waals surface area contributed by atoms with E-state index in [1.54, 1.807) is 6.07 Å². The molecule has 0 atom stereocenters. The predicted octanol–water partition coefficient (Wildman–Crippen LogP) is 3.68. The molecule has 0 bridgehead atoms. The van der Waals surface area contributed by atoms with E-state index in [0.29, 0.717) is 6.54 Å². The van der Waals surface area contributed by atoms with Crippen LogP contribution in [0.2, 0.25) is 0 Å². The number of hydrogen-bond donors (Lipinski definition) is 0. The van der Waals surface area contributed by atoms with Crippen LogP contribution in [0.3, 0.4) is 0 Å². The van der Waals surface area contributed by atoms with Crippen LogP contribution < -0.4 is 9.64 Å². The normalized spacial score (nSPS) is 13.7. The van der Waals surface area contributed by atoms with Crippen molar-refractivity contribution >= 4 is 5.82 Å². The highest BCUT2D eigenvalue weighted by molar-refractivity contribution is 5.43. The van der Waals surface area contributed by atoms with Gasteiger partial charge < -0.3 is 14.2 Å². The fraction of sp³-hybridized carbons (Fsp3) is 0.300. The van der Waals surface area contributed by atoms with Gasteiger partial charge in [-0.15, -0.1) is 0 Å². The van der Waals surface area contributed by atoms with Crippen LogP contribution in [-0.4, -0.2) is 27.7 Å². The Bertz CT molecular complexity index is 881. The minimum Gasteiger partial charge on any atom is -0.433 e. The number of imidazole rings is 1. The Labute approximate surface area is 156 Å². The second-order valence-corrected chi connectivity index (χ2v) is 6.47. The van der Waals surface area contributed by atoms with Crippen molar-refractivity contribution in [2.24, 2.45) is 0 Å². The maximum Gasteiger partial charge on any atom is 0.387 e. The summed E-state index contributed by atoms with van der Waals surface area (Å²) in [5.74, 6) is 0.803. The van der Waals surface area contributed by atoms with Gasteiger partial charge in [-0.2, -0.15) is 8.78 Å². The van der Waals surface area contributed by atoms with Gasteiger partial charge in [0.15, 0.2) is 0 Å². The predicted molar refractivity (Wildman–Crippen MR) is 98.0 cm³/mol. The average molecular weight is 370 g/mol. The molecule has 0 unspecified atom stereocenters. The van der Waals surface area contributed by atoms with Gasteiger partial charge >= 0.3 is 6.61 Å². The molecule has 140 valence electrons. The fourth-order valence-electron chi connectivity index (χ4n) is 3.38. The third kappa shape index (κ3) is 4.07. The first kappa shape index (κ1) is 17.5. The number of benzene rings is 1. The van der Waals surface area contributed by atoms with E-state index >= 15 is 0 Å². The highest BCUT2D eigenvalue weighted by atomic mass is 19.3. The van der Waals surface area contributed by atoms with Crippen molar-refractivity contribution in [3.63, 3.8) is 0 Å². The summed E-state index contributed by atoms with van der Waals surface area (Å²) < 4.78 is 31.1. The van der Waals surface area contributed by atoms with E-state index in [1.165, 1.54) is 23.5 Å². The van der Waals surface area contributed by atoms with E-state index in [-0.39, 0.29) is 5.75 Å². The number of alkyl halides is 2. The average Bonchev–Trinajstić information content (AvgIpc) is 3.09. The van der Waals surface area contributed by atoms with Crippen molar-refractivity contribution in [2.75, 3.05) is 11.4 Å². The number of hydrogen-bond acceptors (Lipinski definition) is 4. The molecule has 0 fully saturated rings. The molecular weight excluding hydrogens is 350 g/mol. The van der Waals surface area contributed by atoms with Crippen LogP contribution in [0.5, 0.6) is 5.75 Å². The van der Waals surface area contributed by atoms with Crippen LogP contribution in [0.25, 0.3) is 0 Å². The van der Waals surface area contributed by atoms with Crippen LogP contribution in [0.4, 0.5) is 14.6 Å². The lowest BCUT2D eigenvalue weighted by molar-refractivity contribution is -0.0500. The summed E-state index contributed by atoms with van der Waals surface area (Å²) in [6.45, 7) is -0.457. The molecule has 0 aliphatic carbocycles. The zero-order valence-corrected chi connectivity index (χ0v) is 14.8. The molecule has 0 radical (unpaired) electrons. The summed E-state index contributed by atoms with van der Waals surface area (Å²) in [4.78, 5) is 10.9. The number of halogens is 2. The molecule has 2 aromatic heterocycles. The molecule has 0 N–H and O–H groups in total. The number of anilines is 1. The lowest BCUT2D eigenvalue weighted by Crippen LogP contribution is -2.32. The van der Waals surface area contributed by atoms with Crippen molar-refractivity contribution in [1.29, 1.82) is 0 Å². The number of aryl methyl sites for hydroxylation is 2. The number of fused-ring (bicyclic) bond motifs is 1. The van der Waals surface area contributed by atoms with Crippen molar-refractivity contribution < 1.29 is 13.5 Å². The van der Waals surface area contributed by atoms with E-state index < -0.39 is 6.61 Å². The van der Waals surface area contributed by atoms with Gasteiger partial charge in [0.1, 0.15) is 11.6 Å². The van der Waals surface area contributed by atoms with Crippen molar-refractivity contribution in [1.82, 2.24) is 14.5 Å². The van der Waals surface area contributed by atoms with Crippen molar-refractivity contribution in [2.45, 2.75) is 32.5 Å². The smallest absolute Gasteiger partial charge is 0.387 e. The summed E-state index contributed by atoms with van der Waals surface area (Å²) in [5, 5.41) is 0. The van der Waals surface area contributed by atoms with E-state index in [0.717, 1.165) is 37.4 Å². The topological polar surface area (TPSA) is 43.2 Å². The third-order valence-electron chi connectivity index (χ3n) is 4.75. The van der Waals surface area contributed by atoms with Gasteiger partial charge in [-0.05, 0) is 24.1 Å². The van der Waals surface area contributed by atoms with Gasteiger partial charge in [0.05, 0.1) is 24.8 Å². The number of rotatable bonds is 6. The molecular formula is C20H20F2N4O. The minimum absolute atomic E-state index is 0.0663. The Balaban J connectivity index is 1.41. The monoisotopic (exact) mass is 370 g/mol. The molecule has 3 aromatic rings. The van der Waals surface area contributed by atoms with Crippen LogP contribution in [0.1, 0.15) is 17.0 Å². The first-order valence-electron chi connectivity index (χ1n) is 8.91. The molecule has 0 spiro atoms. The summed E-state index contributed by atoms with van der Waals surface area (Å²) in [7, 11) is 0. The quantitative estimate of drug-likeness (QED) is 0.664. The number of nitrogens with zero attached hydrogens (tertiary/aromatic N) is 4. The van der Waals surface area contributed by atoms with Gasteiger partial charge in [-0.3, -0.25) is 0 Å². The molecule has 27 heavy (non-hydrogen) atoms. The van der Waals surface area contributed by atoms with Crippen molar-refractivity contribution in [3.05, 3.63) is 71.9 Å². The summed E-state index contributed by atoms with van der Waals surface area (Å²) in [6.07, 6.45) is 5.08. The van der Waals surface area contributed by atoms with Gasteiger partial charge in [0, 0.05) is 25.2 Å². The zero-order valence-electron chi connectivity index (χ0n) is 14.8. The first-order valence-corrected chi connectivity index (χ1v) is 8.91. The van der Waals surface area contributed by atoms with E-state index in [9.17, 15) is 8.78 Å². The fourth-order valence-corrected chi connectivity index (χ4v) is 3.38. The SMILES string of the molecule is FC(F)Oc1ccc(N2CCc3c(ncn3CCc3ccccc3)C2)nc1. The molecule has 0 saturated heterocycles. The Morgan fingerprint density at radius 3 is 2.67 bits per heavy atom. The second-order valence-electron chi connectivity index (χ2n) is 6.47. The second kappa shape index (κ2) is 7.73. The van der Waals surface area contributed by atoms with Crippen LogP contribution in [0, 0.1) is 0 Å². The van der Waals surface area contributed by atoms with Crippen LogP contribution in [0.15, 0.2) is 55.0 Å². The molecule has 1 aromatic carbocycles. The maximum absolute atomic E-state index is 12.2. The summed E-state index contributed by atoms with van der Waals surface area (Å²) in [5.41, 5.74) is 3.62. The Hall–Kier alpha value is -2.96. The zero-order chi connectivity index (χ0) is 18.6. The van der Waals surface area contributed by atoms with Gasteiger partial charge in [-0.25, -0.2) is 9.97 Å². The van der Waals surface area contributed by atoms with Crippen LogP contribution in [-0.2, 0) is 25.9 Å². The molecule has 1 aliphatic rings. The number of aromatic nitrogens is 3. The number of pyridine rings is 1. The van der Waals surface area contributed by atoms with Gasteiger partial charge in [0.2, 0.25) is 0 Å². The summed E-state index contributed by atoms with van der Waals surface area (Å²) in [6, 6.07) is 13.6. The maximum atomic E-state index is 12.2. The third-order valence-corrected chi connectivity index (χ3v) is 4.75. The molecule has 5 nitrogen and oxygen atoms in total. The molecule has 4 rings (SSSR count). The molecule has 3 heterocycles. The van der Waals surface area contributed by atoms with Gasteiger partial charge in [0.25, 0.3) is 0 Å². The van der Waals surface area contributed by atoms with E-state index in [2.05, 4.69) is 48.4 Å². The highest BCUT2D eigenvalue weighted by Crippen LogP contribution is 2.24.